The highest BCUT2D eigenvalue weighted by Crippen LogP contribution is 2.37. The van der Waals surface area contributed by atoms with Gasteiger partial charge in [0, 0.05) is 51.3 Å². The minimum atomic E-state index is -3.80. The number of carbonyl (C=O) groups excluding carboxylic acids is 6. The molecule has 5 fully saturated rings. The van der Waals surface area contributed by atoms with Crippen molar-refractivity contribution >= 4 is 86.1 Å². The van der Waals surface area contributed by atoms with Gasteiger partial charge >= 0.3 is 30.5 Å². The third-order valence-electron chi connectivity index (χ3n) is 20.3. The van der Waals surface area contributed by atoms with Gasteiger partial charge in [-0.05, 0) is 206 Å². The van der Waals surface area contributed by atoms with Crippen LogP contribution in [0.4, 0.5) is 74.4 Å². The lowest BCUT2D eigenvalue weighted by atomic mass is 10.0. The zero-order valence-corrected chi connectivity index (χ0v) is 65.6. The number of phenolic OH excluding ortho intramolecular Hbond substituents is 1. The number of carbonyl (C=O) groups is 6. The van der Waals surface area contributed by atoms with Crippen molar-refractivity contribution in [2.45, 2.75) is 102 Å². The number of primary sulfonamides is 1. The van der Waals surface area contributed by atoms with Crippen LogP contribution in [-0.2, 0) is 33.7 Å². The van der Waals surface area contributed by atoms with E-state index in [9.17, 15) is 64.2 Å². The second-order valence-corrected chi connectivity index (χ2v) is 29.6. The van der Waals surface area contributed by atoms with Crippen LogP contribution in [0.3, 0.4) is 0 Å². The Labute approximate surface area is 679 Å². The Balaban J connectivity index is 0.000000129. The van der Waals surface area contributed by atoms with Crippen molar-refractivity contribution in [1.29, 1.82) is 0 Å². The van der Waals surface area contributed by atoms with Gasteiger partial charge in [0.05, 0.1) is 66.1 Å². The Hall–Kier alpha value is -13.8. The zero-order chi connectivity index (χ0) is 84.5. The Kier molecular flexibility index (Phi) is 25.2. The van der Waals surface area contributed by atoms with Gasteiger partial charge in [0.1, 0.15) is 78.0 Å². The molecule has 27 nitrogen and oxygen atoms in total. The van der Waals surface area contributed by atoms with Gasteiger partial charge < -0.3 is 34.5 Å². The van der Waals surface area contributed by atoms with Crippen molar-refractivity contribution in [3.05, 3.63) is 248 Å². The number of fused-ring (bicyclic) bond motifs is 2. The van der Waals surface area contributed by atoms with Crippen molar-refractivity contribution in [2.24, 2.45) is 10.9 Å². The molecule has 12 aromatic rings. The van der Waals surface area contributed by atoms with Crippen molar-refractivity contribution in [3.63, 3.8) is 0 Å². The van der Waals surface area contributed by atoms with Gasteiger partial charge in [-0.1, -0.05) is 71.0 Å². The summed E-state index contributed by atoms with van der Waals surface area (Å²) in [4.78, 5) is 81.8. The second kappa shape index (κ2) is 36.1. The Morgan fingerprint density at radius 3 is 1.14 bits per heavy atom. The van der Waals surface area contributed by atoms with Crippen LogP contribution in [0.25, 0.3) is 66.9 Å². The molecule has 0 unspecified atom stereocenters. The number of rotatable bonds is 17. The SMILES string of the molecule is CC[C@H]1CN(c2ccc(-c3ccc(O)cc3)c(F)c2)C(=O)O1.CC[C@H]1CN(c2ccc(-c3ccc(S(N)(=O)=O)cc3)c(F)c2)C(=O)O1.CC[C@H]1CN(c2ccc(-c3ccc4nncn4c3)c(F)c2)C(=O)O1.CC[C@H]1CN(c2ccc(-c3cccc(C(N)=O)c3)c(F)c2)C(=O)O1.CC[C@H]1CN(c2ccc(-c3ccn4ncnc4c3)c(F)c2)C(=O)O1. The first kappa shape index (κ1) is 83.1. The number of primary amides is 1. The van der Waals surface area contributed by atoms with E-state index in [-0.39, 0.29) is 41.2 Å². The summed E-state index contributed by atoms with van der Waals surface area (Å²) in [6.45, 7) is 11.8. The monoisotopic (exact) mass is 1650 g/mol. The molecule has 0 radical (unpaired) electrons. The molecule has 0 saturated carbocycles. The number of sulfonamides is 1. The number of aromatic nitrogens is 6. The predicted octanol–water partition coefficient (Wildman–Crippen LogP) is 16.7. The van der Waals surface area contributed by atoms with E-state index in [4.69, 9.17) is 34.6 Å². The van der Waals surface area contributed by atoms with Crippen molar-refractivity contribution in [3.8, 4) is 61.4 Å². The lowest BCUT2D eigenvalue weighted by molar-refractivity contribution is 0.0999. The number of halogens is 5. The van der Waals surface area contributed by atoms with E-state index in [0.29, 0.717) is 146 Å². The number of hydrogen-bond acceptors (Lipinski definition) is 18. The smallest absolute Gasteiger partial charge is 0.414 e. The third kappa shape index (κ3) is 19.0. The zero-order valence-electron chi connectivity index (χ0n) is 64.8. The summed E-state index contributed by atoms with van der Waals surface area (Å²) >= 11 is 0. The average molecular weight is 1650 g/mol. The molecule has 33 heteroatoms. The predicted molar refractivity (Wildman–Crippen MR) is 433 cm³/mol. The summed E-state index contributed by atoms with van der Waals surface area (Å²) in [5.41, 5.74) is 14.3. The van der Waals surface area contributed by atoms with E-state index >= 15 is 0 Å². The van der Waals surface area contributed by atoms with E-state index in [1.54, 1.807) is 143 Å². The molecule has 5 atom stereocenters. The summed E-state index contributed by atoms with van der Waals surface area (Å²) in [6.07, 6.45) is 7.06. The number of phenols is 1. The van der Waals surface area contributed by atoms with Crippen LogP contribution in [0.1, 0.15) is 77.1 Å². The second-order valence-electron chi connectivity index (χ2n) is 28.0. The molecular formula is C86H80F5N13O14S. The number of cyclic esters (lactones) is 5. The van der Waals surface area contributed by atoms with E-state index < -0.39 is 75.5 Å². The van der Waals surface area contributed by atoms with Crippen LogP contribution in [0.2, 0.25) is 0 Å². The fraction of sp³-hybridized carbons (Fsp3) is 0.233. The Morgan fingerprint density at radius 2 is 0.790 bits per heavy atom. The van der Waals surface area contributed by atoms with Gasteiger partial charge in [-0.15, -0.1) is 10.2 Å². The van der Waals surface area contributed by atoms with Crippen LogP contribution in [0.5, 0.6) is 5.75 Å². The van der Waals surface area contributed by atoms with Crippen LogP contribution in [0.15, 0.2) is 218 Å². The van der Waals surface area contributed by atoms with E-state index in [1.165, 1.54) is 104 Å². The highest BCUT2D eigenvalue weighted by molar-refractivity contribution is 7.89. The van der Waals surface area contributed by atoms with Crippen LogP contribution < -0.4 is 35.4 Å². The summed E-state index contributed by atoms with van der Waals surface area (Å²) in [6, 6.07) is 48.6. The summed E-state index contributed by atoms with van der Waals surface area (Å²) in [5.74, 6) is -2.66. The molecular weight excluding hydrogens is 1570 g/mol. The fourth-order valence-electron chi connectivity index (χ4n) is 13.5. The normalized spacial score (nSPS) is 17.5. The van der Waals surface area contributed by atoms with E-state index in [1.807, 2.05) is 34.6 Å². The summed E-state index contributed by atoms with van der Waals surface area (Å²) in [7, 11) is -3.80. The van der Waals surface area contributed by atoms with Crippen molar-refractivity contribution in [2.75, 3.05) is 57.2 Å². The van der Waals surface area contributed by atoms with Gasteiger partial charge in [-0.25, -0.2) is 69.0 Å². The van der Waals surface area contributed by atoms with Gasteiger partial charge in [-0.3, -0.25) is 33.7 Å². The molecule has 5 aliphatic rings. The van der Waals surface area contributed by atoms with Crippen molar-refractivity contribution in [1.82, 2.24) is 29.2 Å². The highest BCUT2D eigenvalue weighted by Gasteiger charge is 2.37. The van der Waals surface area contributed by atoms with Gasteiger partial charge in [0.15, 0.2) is 11.3 Å². The molecule has 5 saturated heterocycles. The maximum absolute atomic E-state index is 14.6. The number of pyridine rings is 2. The highest BCUT2D eigenvalue weighted by atomic mass is 32.2. The largest absolute Gasteiger partial charge is 0.508 e. The third-order valence-corrected chi connectivity index (χ3v) is 21.2. The number of hydrogen-bond donors (Lipinski definition) is 3. The molecule has 17 rings (SSSR count). The topological polar surface area (TPSA) is 332 Å². The number of nitrogens with two attached hydrogens (primary N) is 2. The first-order chi connectivity index (χ1) is 57.2. The quantitative estimate of drug-likeness (QED) is 0.0563. The van der Waals surface area contributed by atoms with Crippen LogP contribution in [0, 0.1) is 29.1 Å². The van der Waals surface area contributed by atoms with Gasteiger partial charge in [0.25, 0.3) is 0 Å². The number of amides is 6. The molecule has 9 heterocycles. The Morgan fingerprint density at radius 1 is 0.437 bits per heavy atom. The maximum atomic E-state index is 14.6. The molecule has 119 heavy (non-hydrogen) atoms. The van der Waals surface area contributed by atoms with Gasteiger partial charge in [-0.2, -0.15) is 5.10 Å². The Bertz CT molecular complexity index is 5770. The number of benzene rings is 8. The first-order valence-electron chi connectivity index (χ1n) is 38.0. The molecule has 5 aliphatic heterocycles. The van der Waals surface area contributed by atoms with Crippen LogP contribution >= 0.6 is 0 Å². The van der Waals surface area contributed by atoms with Gasteiger partial charge in [0.2, 0.25) is 15.9 Å². The lowest BCUT2D eigenvalue weighted by Gasteiger charge is -2.14. The summed E-state index contributed by atoms with van der Waals surface area (Å²) < 4.78 is 124. The molecule has 0 spiro atoms. The molecule has 6 amide bonds. The number of aromatic hydroxyl groups is 1. The molecule has 614 valence electrons. The molecule has 8 aromatic carbocycles. The molecule has 5 N–H and O–H groups in total. The standard InChI is InChI=1S/C18H17FN2O3.2C17H15FN4O2.C17H17FN2O4S.C17H16FNO3/c1-2-14-10-21(18(23)24-14)13-6-7-15(16(19)9-13)11-4-3-5-12(8-11)17(20)22;1-2-13-9-22(17(23)24-13)12-4-5-14(15(18)7-12)11-3-6-16-20-19-10-21(16)8-11;1-2-13-9-21(17(23)24-13)12-3-4-14(15(18)8-12)11-5-6-22-16(7-11)19-10-20-22;1-2-13-10-20(17(21)24-13)12-5-8-15(16(18)9-12)11-3-6-14(7-4-11)25(19,22)23;1-2-14-10-19(17(21)22-14)12-5-8-15(16(18)9-12)11-3-6-13(20)7-4-11/h3-9,14H,2,10H2,1H3,(H2,20,22);2*3-8,10,13H,2,9H2,1H3;3-9,13H,2,10H2,1H3,(H2,19,22,23);3-9,14,20H,2,10H2,1H3/t14-;3*13-;14-/m00000/s1. The van der Waals surface area contributed by atoms with Crippen molar-refractivity contribution < 1.29 is 87.9 Å². The average Bonchev–Trinajstić information content (AvgIpc) is 1.72. The molecule has 0 bridgehead atoms. The fourth-order valence-corrected chi connectivity index (χ4v) is 14.0. The lowest BCUT2D eigenvalue weighted by Crippen LogP contribution is -2.24. The number of ether oxygens (including phenoxy) is 5. The van der Waals surface area contributed by atoms with E-state index in [2.05, 4.69) is 20.3 Å². The number of anilines is 5. The number of nitrogens with zero attached hydrogens (tertiary/aromatic N) is 11. The summed E-state index contributed by atoms with van der Waals surface area (Å²) in [5, 5.41) is 26.1. The minimum absolute atomic E-state index is 0.0429. The molecule has 0 aliphatic carbocycles. The minimum Gasteiger partial charge on any atom is -0.508 e. The van der Waals surface area contributed by atoms with Crippen LogP contribution in [-0.4, -0.2) is 142 Å². The van der Waals surface area contributed by atoms with E-state index in [0.717, 1.165) is 19.3 Å². The first-order valence-corrected chi connectivity index (χ1v) is 39.5. The molecule has 4 aromatic heterocycles. The maximum Gasteiger partial charge on any atom is 0.414 e.